The van der Waals surface area contributed by atoms with Gasteiger partial charge in [-0.1, -0.05) is 11.6 Å². The fourth-order valence-corrected chi connectivity index (χ4v) is 4.94. The average Bonchev–Trinajstić information content (AvgIpc) is 3.32. The molecular formula is C21H14ClFN4O2S. The first-order valence-corrected chi connectivity index (χ1v) is 10.3. The van der Waals surface area contributed by atoms with Gasteiger partial charge in [0, 0.05) is 22.4 Å². The second kappa shape index (κ2) is 7.23. The molecule has 4 aromatic rings. The molecule has 0 spiro atoms. The van der Waals surface area contributed by atoms with Gasteiger partial charge < -0.3 is 10.5 Å². The van der Waals surface area contributed by atoms with Crippen LogP contribution in [0, 0.1) is 5.82 Å². The summed E-state index contributed by atoms with van der Waals surface area (Å²) in [5, 5.41) is 8.55. The zero-order valence-electron chi connectivity index (χ0n) is 15.4. The van der Waals surface area contributed by atoms with Crippen LogP contribution in [-0.2, 0) is 6.42 Å². The summed E-state index contributed by atoms with van der Waals surface area (Å²) in [6.07, 6.45) is 2.25. The van der Waals surface area contributed by atoms with E-state index in [1.807, 2.05) is 6.07 Å². The summed E-state index contributed by atoms with van der Waals surface area (Å²) in [7, 11) is 0. The van der Waals surface area contributed by atoms with E-state index in [1.54, 1.807) is 35.2 Å². The minimum absolute atomic E-state index is 0.263. The quantitative estimate of drug-likeness (QED) is 0.508. The highest BCUT2D eigenvalue weighted by molar-refractivity contribution is 7.19. The van der Waals surface area contributed by atoms with E-state index in [0.29, 0.717) is 35.9 Å². The van der Waals surface area contributed by atoms with E-state index < -0.39 is 11.7 Å². The van der Waals surface area contributed by atoms with Gasteiger partial charge in [-0.15, -0.1) is 21.5 Å². The van der Waals surface area contributed by atoms with Crippen molar-refractivity contribution in [3.8, 4) is 32.6 Å². The standard InChI is InChI=1S/C21H14ClFN4O2S/c22-15-9-13(23)2-3-16(15)27-10-25-26-21(27)18-8-11-5-6-29-17-4-1-12(20(24)28)7-14(17)19(11)30-18/h1-4,7-10H,5-6H2,(H2,24,28). The summed E-state index contributed by atoms with van der Waals surface area (Å²) >= 11 is 7.76. The zero-order valence-corrected chi connectivity index (χ0v) is 17.0. The zero-order chi connectivity index (χ0) is 20.8. The molecule has 5 rings (SSSR count). The Morgan fingerprint density at radius 3 is 2.90 bits per heavy atom. The van der Waals surface area contributed by atoms with E-state index in [1.165, 1.54) is 23.5 Å². The maximum absolute atomic E-state index is 13.5. The Morgan fingerprint density at radius 2 is 2.10 bits per heavy atom. The third-order valence-electron chi connectivity index (χ3n) is 4.88. The normalized spacial score (nSPS) is 12.6. The van der Waals surface area contributed by atoms with Gasteiger partial charge in [-0.2, -0.15) is 0 Å². The highest BCUT2D eigenvalue weighted by Crippen LogP contribution is 2.44. The molecule has 0 aliphatic carbocycles. The van der Waals surface area contributed by atoms with Crippen LogP contribution in [0.15, 0.2) is 48.8 Å². The highest BCUT2D eigenvalue weighted by atomic mass is 35.5. The van der Waals surface area contributed by atoms with Gasteiger partial charge in [0.25, 0.3) is 0 Å². The van der Waals surface area contributed by atoms with Crippen LogP contribution in [0.2, 0.25) is 5.02 Å². The van der Waals surface area contributed by atoms with E-state index in [-0.39, 0.29) is 5.02 Å². The number of carbonyl (C=O) groups excluding carboxylic acids is 1. The number of thiophene rings is 1. The topological polar surface area (TPSA) is 83.0 Å². The molecule has 0 saturated heterocycles. The van der Waals surface area contributed by atoms with Gasteiger partial charge in [0.1, 0.15) is 17.9 Å². The lowest BCUT2D eigenvalue weighted by molar-refractivity contribution is 0.100. The SMILES string of the molecule is NC(=O)c1ccc2c(c1)-c1sc(-c3nncn3-c3ccc(F)cc3Cl)cc1CCO2. The second-order valence-electron chi connectivity index (χ2n) is 6.76. The summed E-state index contributed by atoms with van der Waals surface area (Å²) in [6, 6.07) is 11.4. The largest absolute Gasteiger partial charge is 0.493 e. The molecule has 6 nitrogen and oxygen atoms in total. The number of hydrogen-bond acceptors (Lipinski definition) is 5. The van der Waals surface area contributed by atoms with Gasteiger partial charge in [0.15, 0.2) is 5.82 Å². The number of benzene rings is 2. The van der Waals surface area contributed by atoms with Gasteiger partial charge in [-0.25, -0.2) is 4.39 Å². The number of nitrogens with zero attached hydrogens (tertiary/aromatic N) is 3. The predicted octanol–water partition coefficient (Wildman–Crippen LogP) is 4.49. The van der Waals surface area contributed by atoms with Crippen LogP contribution >= 0.6 is 22.9 Å². The molecule has 0 unspecified atom stereocenters. The lowest BCUT2D eigenvalue weighted by Crippen LogP contribution is -2.10. The van der Waals surface area contributed by atoms with E-state index >= 15 is 0 Å². The first-order valence-electron chi connectivity index (χ1n) is 9.07. The Morgan fingerprint density at radius 1 is 1.23 bits per heavy atom. The Balaban J connectivity index is 1.64. The van der Waals surface area contributed by atoms with Crippen molar-refractivity contribution in [2.24, 2.45) is 5.73 Å². The Bertz CT molecular complexity index is 1300. The molecule has 1 amide bonds. The Kier molecular flexibility index (Phi) is 4.52. The number of primary amides is 1. The number of hydrogen-bond donors (Lipinski definition) is 1. The van der Waals surface area contributed by atoms with Gasteiger partial charge in [0.2, 0.25) is 5.91 Å². The molecule has 0 fully saturated rings. The summed E-state index contributed by atoms with van der Waals surface area (Å²) in [5.74, 6) is 0.388. The molecule has 0 atom stereocenters. The number of nitrogens with two attached hydrogens (primary N) is 1. The van der Waals surface area contributed by atoms with Gasteiger partial charge in [-0.05, 0) is 48.0 Å². The average molecular weight is 441 g/mol. The molecule has 30 heavy (non-hydrogen) atoms. The van der Waals surface area contributed by atoms with Crippen molar-refractivity contribution in [3.05, 3.63) is 70.8 Å². The van der Waals surface area contributed by atoms with Crippen molar-refractivity contribution >= 4 is 28.8 Å². The molecule has 1 aliphatic heterocycles. The van der Waals surface area contributed by atoms with Crippen LogP contribution in [0.5, 0.6) is 5.75 Å². The van der Waals surface area contributed by atoms with Crippen LogP contribution in [0.3, 0.4) is 0 Å². The van der Waals surface area contributed by atoms with Crippen molar-refractivity contribution in [1.29, 1.82) is 0 Å². The van der Waals surface area contributed by atoms with Gasteiger partial charge >= 0.3 is 0 Å². The van der Waals surface area contributed by atoms with Crippen LogP contribution in [0.1, 0.15) is 15.9 Å². The van der Waals surface area contributed by atoms with E-state index in [2.05, 4.69) is 10.2 Å². The van der Waals surface area contributed by atoms with E-state index in [0.717, 1.165) is 20.9 Å². The molecule has 2 N–H and O–H groups in total. The molecule has 0 bridgehead atoms. The van der Waals surface area contributed by atoms with E-state index in [4.69, 9.17) is 22.1 Å². The number of halogens is 2. The minimum Gasteiger partial charge on any atom is -0.493 e. The maximum atomic E-state index is 13.5. The van der Waals surface area contributed by atoms with Crippen LogP contribution in [-0.4, -0.2) is 27.3 Å². The number of carbonyl (C=O) groups is 1. The van der Waals surface area contributed by atoms with Crippen molar-refractivity contribution < 1.29 is 13.9 Å². The molecule has 2 aromatic carbocycles. The fourth-order valence-electron chi connectivity index (χ4n) is 3.47. The molecule has 150 valence electrons. The Hall–Kier alpha value is -3.23. The lowest BCUT2D eigenvalue weighted by Gasteiger charge is -2.09. The molecular weight excluding hydrogens is 427 g/mol. The second-order valence-corrected chi connectivity index (χ2v) is 8.22. The summed E-state index contributed by atoms with van der Waals surface area (Å²) in [5.41, 5.74) is 8.36. The molecule has 1 aliphatic rings. The lowest BCUT2D eigenvalue weighted by atomic mass is 10.0. The van der Waals surface area contributed by atoms with Crippen molar-refractivity contribution in [1.82, 2.24) is 14.8 Å². The third-order valence-corrected chi connectivity index (χ3v) is 6.39. The minimum atomic E-state index is -0.494. The van der Waals surface area contributed by atoms with E-state index in [9.17, 15) is 9.18 Å². The van der Waals surface area contributed by atoms with Crippen LogP contribution < -0.4 is 10.5 Å². The van der Waals surface area contributed by atoms with Crippen molar-refractivity contribution in [2.45, 2.75) is 6.42 Å². The summed E-state index contributed by atoms with van der Waals surface area (Å²) in [6.45, 7) is 0.516. The molecule has 9 heteroatoms. The first-order chi connectivity index (χ1) is 14.5. The van der Waals surface area contributed by atoms with Gasteiger partial charge in [0.05, 0.1) is 22.2 Å². The Labute approximate surface area is 179 Å². The van der Waals surface area contributed by atoms with Crippen LogP contribution in [0.25, 0.3) is 26.8 Å². The van der Waals surface area contributed by atoms with Crippen molar-refractivity contribution in [2.75, 3.05) is 6.61 Å². The molecule has 0 saturated carbocycles. The number of fused-ring (bicyclic) bond motifs is 3. The first kappa shape index (κ1) is 18.8. The monoisotopic (exact) mass is 440 g/mol. The smallest absolute Gasteiger partial charge is 0.248 e. The third kappa shape index (κ3) is 3.14. The number of amides is 1. The number of rotatable bonds is 3. The number of aromatic nitrogens is 3. The summed E-state index contributed by atoms with van der Waals surface area (Å²) < 4.78 is 21.0. The molecule has 2 aromatic heterocycles. The fraction of sp³-hybridized carbons (Fsp3) is 0.0952. The number of ether oxygens (including phenoxy) is 1. The predicted molar refractivity (Wildman–Crippen MR) is 113 cm³/mol. The highest BCUT2D eigenvalue weighted by Gasteiger charge is 2.23. The maximum Gasteiger partial charge on any atom is 0.248 e. The molecule has 3 heterocycles. The molecule has 0 radical (unpaired) electrons. The van der Waals surface area contributed by atoms with Crippen molar-refractivity contribution in [3.63, 3.8) is 0 Å². The summed E-state index contributed by atoms with van der Waals surface area (Å²) in [4.78, 5) is 13.5. The van der Waals surface area contributed by atoms with Crippen LogP contribution in [0.4, 0.5) is 4.39 Å². The van der Waals surface area contributed by atoms with Gasteiger partial charge in [-0.3, -0.25) is 9.36 Å².